The normalized spacial score (nSPS) is 17.3. The van der Waals surface area contributed by atoms with Gasteiger partial charge in [-0.25, -0.2) is 4.98 Å². The molecule has 1 amide bonds. The fraction of sp³-hybridized carbons (Fsp3) is 0.471. The van der Waals surface area contributed by atoms with Crippen LogP contribution in [0.5, 0.6) is 5.88 Å². The first-order valence-corrected chi connectivity index (χ1v) is 8.50. The quantitative estimate of drug-likeness (QED) is 0.851. The fourth-order valence-electron chi connectivity index (χ4n) is 3.29. The molecule has 24 heavy (non-hydrogen) atoms. The van der Waals surface area contributed by atoms with Gasteiger partial charge in [0.25, 0.3) is 5.91 Å². The number of carbonyl (C=O) groups is 1. The number of ether oxygens (including phenoxy) is 1. The Bertz CT molecular complexity index is 759. The molecule has 1 atom stereocenters. The first kappa shape index (κ1) is 16.8. The summed E-state index contributed by atoms with van der Waals surface area (Å²) in [6.45, 7) is 4.96. The van der Waals surface area contributed by atoms with E-state index in [0.717, 1.165) is 24.1 Å². The molecule has 2 aromatic heterocycles. The monoisotopic (exact) mass is 348 g/mol. The molecule has 2 aromatic rings. The summed E-state index contributed by atoms with van der Waals surface area (Å²) in [5, 5.41) is 4.97. The summed E-state index contributed by atoms with van der Waals surface area (Å²) >= 11 is 6.42. The summed E-state index contributed by atoms with van der Waals surface area (Å²) in [5.74, 6) is 0.304. The Labute approximate surface area is 146 Å². The maximum Gasteiger partial charge on any atom is 0.259 e. The lowest BCUT2D eigenvalue weighted by molar-refractivity contribution is 0.0730. The van der Waals surface area contributed by atoms with Crippen molar-refractivity contribution in [2.45, 2.75) is 32.7 Å². The van der Waals surface area contributed by atoms with Crippen LogP contribution in [0.3, 0.4) is 0 Å². The molecule has 0 aliphatic carbocycles. The first-order chi connectivity index (χ1) is 11.5. The van der Waals surface area contributed by atoms with E-state index in [0.29, 0.717) is 29.7 Å². The number of amides is 1. The zero-order valence-corrected chi connectivity index (χ0v) is 14.9. The van der Waals surface area contributed by atoms with Gasteiger partial charge in [-0.1, -0.05) is 11.6 Å². The van der Waals surface area contributed by atoms with E-state index >= 15 is 0 Å². The highest BCUT2D eigenvalue weighted by molar-refractivity contribution is 6.30. The first-order valence-electron chi connectivity index (χ1n) is 8.12. The van der Waals surface area contributed by atoms with Gasteiger partial charge in [0.1, 0.15) is 10.7 Å². The lowest BCUT2D eigenvalue weighted by Gasteiger charge is -2.25. The molecule has 1 fully saturated rings. The highest BCUT2D eigenvalue weighted by atomic mass is 35.5. The second-order valence-electron chi connectivity index (χ2n) is 5.86. The lowest BCUT2D eigenvalue weighted by Crippen LogP contribution is -2.31. The van der Waals surface area contributed by atoms with Crippen LogP contribution < -0.4 is 4.74 Å². The zero-order chi connectivity index (χ0) is 17.3. The average Bonchev–Trinajstić information content (AvgIpc) is 3.12. The predicted octanol–water partition coefficient (Wildman–Crippen LogP) is 3.15. The average molecular weight is 349 g/mol. The van der Waals surface area contributed by atoms with Crippen molar-refractivity contribution in [1.29, 1.82) is 0 Å². The van der Waals surface area contributed by atoms with Gasteiger partial charge in [0, 0.05) is 25.4 Å². The molecule has 7 heteroatoms. The van der Waals surface area contributed by atoms with E-state index in [1.807, 2.05) is 25.8 Å². The minimum absolute atomic E-state index is 0.0617. The van der Waals surface area contributed by atoms with Gasteiger partial charge in [-0.05, 0) is 38.8 Å². The van der Waals surface area contributed by atoms with Crippen molar-refractivity contribution in [2.75, 3.05) is 13.2 Å². The number of halogens is 1. The molecule has 0 aromatic carbocycles. The van der Waals surface area contributed by atoms with Crippen molar-refractivity contribution in [3.8, 4) is 5.88 Å². The van der Waals surface area contributed by atoms with Crippen molar-refractivity contribution in [1.82, 2.24) is 19.7 Å². The Balaban J connectivity index is 1.95. The Morgan fingerprint density at radius 3 is 2.96 bits per heavy atom. The van der Waals surface area contributed by atoms with Gasteiger partial charge in [0.15, 0.2) is 0 Å². The standard InChI is InChI=1S/C17H21ClN4O2/c1-4-24-16-12(7-5-9-19-16)17(23)22-10-6-8-13(22)14-11(2)20-21(3)15(14)18/h5,7,9,13H,4,6,8,10H2,1-3H3. The molecular formula is C17H21ClN4O2. The Hall–Kier alpha value is -2.08. The fourth-order valence-corrected chi connectivity index (χ4v) is 3.60. The van der Waals surface area contributed by atoms with Gasteiger partial charge < -0.3 is 9.64 Å². The Morgan fingerprint density at radius 1 is 1.50 bits per heavy atom. The molecule has 1 saturated heterocycles. The number of aryl methyl sites for hydroxylation is 2. The summed E-state index contributed by atoms with van der Waals surface area (Å²) in [6, 6.07) is 3.45. The van der Waals surface area contributed by atoms with Crippen LogP contribution in [-0.4, -0.2) is 38.7 Å². The maximum absolute atomic E-state index is 13.1. The van der Waals surface area contributed by atoms with E-state index in [1.54, 1.807) is 23.0 Å². The van der Waals surface area contributed by atoms with E-state index in [9.17, 15) is 4.79 Å². The van der Waals surface area contributed by atoms with Crippen LogP contribution in [0, 0.1) is 6.92 Å². The second-order valence-corrected chi connectivity index (χ2v) is 6.22. The van der Waals surface area contributed by atoms with Gasteiger partial charge in [-0.2, -0.15) is 5.10 Å². The molecule has 0 N–H and O–H groups in total. The van der Waals surface area contributed by atoms with Crippen molar-refractivity contribution >= 4 is 17.5 Å². The highest BCUT2D eigenvalue weighted by Gasteiger charge is 2.35. The maximum atomic E-state index is 13.1. The third-order valence-corrected chi connectivity index (χ3v) is 4.77. The molecule has 0 radical (unpaired) electrons. The third-order valence-electron chi connectivity index (χ3n) is 4.33. The zero-order valence-electron chi connectivity index (χ0n) is 14.1. The van der Waals surface area contributed by atoms with Crippen LogP contribution in [0.2, 0.25) is 5.15 Å². The van der Waals surface area contributed by atoms with Crippen LogP contribution in [0.25, 0.3) is 0 Å². The van der Waals surface area contributed by atoms with Gasteiger partial charge in [-0.15, -0.1) is 0 Å². The van der Waals surface area contributed by atoms with Crippen LogP contribution in [-0.2, 0) is 7.05 Å². The molecule has 0 bridgehead atoms. The van der Waals surface area contributed by atoms with Crippen molar-refractivity contribution in [2.24, 2.45) is 7.05 Å². The van der Waals surface area contributed by atoms with Crippen LogP contribution in [0.15, 0.2) is 18.3 Å². The molecule has 3 heterocycles. The minimum atomic E-state index is -0.0756. The third kappa shape index (κ3) is 2.86. The minimum Gasteiger partial charge on any atom is -0.477 e. The SMILES string of the molecule is CCOc1ncccc1C(=O)N1CCCC1c1c(C)nn(C)c1Cl. The summed E-state index contributed by atoms with van der Waals surface area (Å²) in [6.07, 6.45) is 3.44. The smallest absolute Gasteiger partial charge is 0.259 e. The molecule has 1 aliphatic rings. The number of hydrogen-bond acceptors (Lipinski definition) is 4. The topological polar surface area (TPSA) is 60.2 Å². The number of nitrogens with zero attached hydrogens (tertiary/aromatic N) is 4. The molecule has 3 rings (SSSR count). The van der Waals surface area contributed by atoms with Gasteiger partial charge in [0.2, 0.25) is 5.88 Å². The summed E-state index contributed by atoms with van der Waals surface area (Å²) in [5.41, 5.74) is 2.29. The second kappa shape index (κ2) is 6.81. The highest BCUT2D eigenvalue weighted by Crippen LogP contribution is 2.38. The molecule has 1 unspecified atom stereocenters. The number of carbonyl (C=O) groups excluding carboxylic acids is 1. The molecular weight excluding hydrogens is 328 g/mol. The number of likely N-dealkylation sites (tertiary alicyclic amines) is 1. The van der Waals surface area contributed by atoms with Crippen molar-refractivity contribution < 1.29 is 9.53 Å². The van der Waals surface area contributed by atoms with Gasteiger partial charge in [-0.3, -0.25) is 9.48 Å². The number of aromatic nitrogens is 3. The van der Waals surface area contributed by atoms with Gasteiger partial charge in [0.05, 0.1) is 18.3 Å². The Kier molecular flexibility index (Phi) is 4.76. The van der Waals surface area contributed by atoms with E-state index in [-0.39, 0.29) is 11.9 Å². The van der Waals surface area contributed by atoms with E-state index in [1.165, 1.54) is 0 Å². The van der Waals surface area contributed by atoms with Crippen LogP contribution in [0.1, 0.15) is 47.4 Å². The van der Waals surface area contributed by atoms with Crippen LogP contribution >= 0.6 is 11.6 Å². The van der Waals surface area contributed by atoms with Gasteiger partial charge >= 0.3 is 0 Å². The Morgan fingerprint density at radius 2 is 2.29 bits per heavy atom. The summed E-state index contributed by atoms with van der Waals surface area (Å²) in [4.78, 5) is 19.1. The largest absolute Gasteiger partial charge is 0.477 e. The molecule has 6 nitrogen and oxygen atoms in total. The summed E-state index contributed by atoms with van der Waals surface area (Å²) in [7, 11) is 1.81. The van der Waals surface area contributed by atoms with Crippen molar-refractivity contribution in [3.05, 3.63) is 40.3 Å². The number of pyridine rings is 1. The van der Waals surface area contributed by atoms with E-state index < -0.39 is 0 Å². The predicted molar refractivity (Wildman–Crippen MR) is 91.4 cm³/mol. The lowest BCUT2D eigenvalue weighted by atomic mass is 10.1. The van der Waals surface area contributed by atoms with E-state index in [2.05, 4.69) is 10.1 Å². The number of hydrogen-bond donors (Lipinski definition) is 0. The molecule has 0 spiro atoms. The molecule has 1 aliphatic heterocycles. The molecule has 128 valence electrons. The van der Waals surface area contributed by atoms with E-state index in [4.69, 9.17) is 16.3 Å². The summed E-state index contributed by atoms with van der Waals surface area (Å²) < 4.78 is 7.16. The van der Waals surface area contributed by atoms with Crippen molar-refractivity contribution in [3.63, 3.8) is 0 Å². The molecule has 0 saturated carbocycles. The number of rotatable bonds is 4. The van der Waals surface area contributed by atoms with Crippen LogP contribution in [0.4, 0.5) is 0 Å².